The fraction of sp³-hybridized carbons (Fsp3) is 0.200. The van der Waals surface area contributed by atoms with E-state index in [4.69, 9.17) is 0 Å². The van der Waals surface area contributed by atoms with Gasteiger partial charge in [0, 0.05) is 5.56 Å². The number of hydrogen-bond acceptors (Lipinski definition) is 2. The molecular formula is C10H12N2O2. The van der Waals surface area contributed by atoms with Gasteiger partial charge in [0.2, 0.25) is 6.41 Å². The maximum atomic E-state index is 11.5. The highest BCUT2D eigenvalue weighted by Crippen LogP contribution is 2.12. The van der Waals surface area contributed by atoms with Gasteiger partial charge in [0.15, 0.2) is 0 Å². The number of aryl methyl sites for hydroxylation is 2. The third-order valence-electron chi connectivity index (χ3n) is 1.95. The largest absolute Gasteiger partial charge is 0.277 e. The third kappa shape index (κ3) is 2.10. The first-order chi connectivity index (χ1) is 6.66. The van der Waals surface area contributed by atoms with E-state index < -0.39 is 0 Å². The van der Waals surface area contributed by atoms with Crippen LogP contribution in [0.3, 0.4) is 0 Å². The molecule has 0 fully saturated rings. The molecule has 0 aliphatic heterocycles. The van der Waals surface area contributed by atoms with Crippen molar-refractivity contribution in [2.45, 2.75) is 13.8 Å². The van der Waals surface area contributed by atoms with Crippen LogP contribution in [0.4, 0.5) is 0 Å². The van der Waals surface area contributed by atoms with Gasteiger partial charge in [0.05, 0.1) is 0 Å². The molecule has 0 aliphatic rings. The molecule has 0 radical (unpaired) electrons. The predicted octanol–water partition coefficient (Wildman–Crippen LogP) is 0.694. The number of nitrogens with one attached hydrogen (secondary N) is 2. The Morgan fingerprint density at radius 3 is 2.36 bits per heavy atom. The molecule has 1 aromatic rings. The van der Waals surface area contributed by atoms with Crippen molar-refractivity contribution in [3.05, 3.63) is 34.9 Å². The first-order valence-electron chi connectivity index (χ1n) is 4.22. The maximum absolute atomic E-state index is 11.5. The van der Waals surface area contributed by atoms with E-state index in [0.717, 1.165) is 11.1 Å². The molecule has 14 heavy (non-hydrogen) atoms. The first-order valence-corrected chi connectivity index (χ1v) is 4.22. The lowest BCUT2D eigenvalue weighted by Crippen LogP contribution is -2.36. The zero-order chi connectivity index (χ0) is 10.6. The number of carbonyl (C=O) groups is 2. The summed E-state index contributed by atoms with van der Waals surface area (Å²) in [5.41, 5.74) is 6.76. The molecule has 0 bridgehead atoms. The molecule has 74 valence electrons. The number of hydrogen-bond donors (Lipinski definition) is 2. The summed E-state index contributed by atoms with van der Waals surface area (Å²) in [4.78, 5) is 21.5. The molecular weight excluding hydrogens is 180 g/mol. The van der Waals surface area contributed by atoms with Gasteiger partial charge < -0.3 is 0 Å². The van der Waals surface area contributed by atoms with Crippen LogP contribution in [0, 0.1) is 13.8 Å². The summed E-state index contributed by atoms with van der Waals surface area (Å²) < 4.78 is 0. The SMILES string of the molecule is Cc1cccc(C)c1C(=O)NNC=O. The highest BCUT2D eigenvalue weighted by Gasteiger charge is 2.10. The van der Waals surface area contributed by atoms with E-state index in [1.807, 2.05) is 32.0 Å². The van der Waals surface area contributed by atoms with Gasteiger partial charge in [-0.1, -0.05) is 18.2 Å². The van der Waals surface area contributed by atoms with Gasteiger partial charge in [0.25, 0.3) is 5.91 Å². The van der Waals surface area contributed by atoms with Gasteiger partial charge in [-0.3, -0.25) is 20.4 Å². The monoisotopic (exact) mass is 192 g/mol. The van der Waals surface area contributed by atoms with Crippen molar-refractivity contribution >= 4 is 12.3 Å². The average Bonchev–Trinajstić information content (AvgIpc) is 2.14. The van der Waals surface area contributed by atoms with Crippen molar-refractivity contribution in [1.82, 2.24) is 10.9 Å². The predicted molar refractivity (Wildman–Crippen MR) is 52.6 cm³/mol. The van der Waals surface area contributed by atoms with Crippen molar-refractivity contribution in [2.75, 3.05) is 0 Å². The van der Waals surface area contributed by atoms with Gasteiger partial charge in [-0.2, -0.15) is 0 Å². The Balaban J connectivity index is 2.94. The van der Waals surface area contributed by atoms with Crippen LogP contribution < -0.4 is 10.9 Å². The van der Waals surface area contributed by atoms with E-state index in [9.17, 15) is 9.59 Å². The summed E-state index contributed by atoms with van der Waals surface area (Å²) in [6.45, 7) is 3.70. The van der Waals surface area contributed by atoms with E-state index in [2.05, 4.69) is 10.9 Å². The van der Waals surface area contributed by atoms with Crippen molar-refractivity contribution in [2.24, 2.45) is 0 Å². The summed E-state index contributed by atoms with van der Waals surface area (Å²) in [6.07, 6.45) is 0.422. The Kier molecular flexibility index (Phi) is 3.23. The highest BCUT2D eigenvalue weighted by atomic mass is 16.2. The quantitative estimate of drug-likeness (QED) is 0.547. The molecule has 0 aromatic heterocycles. The van der Waals surface area contributed by atoms with Gasteiger partial charge in [-0.15, -0.1) is 0 Å². The van der Waals surface area contributed by atoms with Crippen LogP contribution in [0.15, 0.2) is 18.2 Å². The second-order valence-electron chi connectivity index (χ2n) is 2.98. The molecule has 0 saturated heterocycles. The number of benzene rings is 1. The second kappa shape index (κ2) is 4.41. The molecule has 0 atom stereocenters. The van der Waals surface area contributed by atoms with Crippen LogP contribution in [0.25, 0.3) is 0 Å². The van der Waals surface area contributed by atoms with Crippen molar-refractivity contribution < 1.29 is 9.59 Å². The summed E-state index contributed by atoms with van der Waals surface area (Å²) in [5, 5.41) is 0. The van der Waals surface area contributed by atoms with E-state index in [-0.39, 0.29) is 5.91 Å². The van der Waals surface area contributed by atoms with Crippen LogP contribution in [0.5, 0.6) is 0 Å². The number of hydrazine groups is 1. The summed E-state index contributed by atoms with van der Waals surface area (Å²) in [7, 11) is 0. The molecule has 0 saturated carbocycles. The molecule has 2 amide bonds. The normalized spacial score (nSPS) is 9.29. The lowest BCUT2D eigenvalue weighted by molar-refractivity contribution is -0.110. The molecule has 1 aromatic carbocycles. The first kappa shape index (κ1) is 10.2. The molecule has 4 heteroatoms. The Morgan fingerprint density at radius 2 is 1.86 bits per heavy atom. The molecule has 4 nitrogen and oxygen atoms in total. The van der Waals surface area contributed by atoms with Gasteiger partial charge >= 0.3 is 0 Å². The van der Waals surface area contributed by atoms with E-state index in [1.165, 1.54) is 0 Å². The zero-order valence-electron chi connectivity index (χ0n) is 8.13. The Bertz CT molecular complexity index is 341. The average molecular weight is 192 g/mol. The fourth-order valence-corrected chi connectivity index (χ4v) is 1.33. The molecule has 0 aliphatic carbocycles. The molecule has 0 heterocycles. The topological polar surface area (TPSA) is 58.2 Å². The highest BCUT2D eigenvalue weighted by molar-refractivity contribution is 5.97. The summed E-state index contributed by atoms with van der Waals surface area (Å²) in [6, 6.07) is 5.58. The molecule has 0 spiro atoms. The minimum absolute atomic E-state index is 0.298. The van der Waals surface area contributed by atoms with Crippen LogP contribution in [-0.2, 0) is 4.79 Å². The van der Waals surface area contributed by atoms with Crippen molar-refractivity contribution in [1.29, 1.82) is 0 Å². The van der Waals surface area contributed by atoms with Gasteiger partial charge in [-0.05, 0) is 25.0 Å². The number of rotatable bonds is 3. The number of carbonyl (C=O) groups excluding carboxylic acids is 2. The number of amides is 2. The van der Waals surface area contributed by atoms with Crippen molar-refractivity contribution in [3.8, 4) is 0 Å². The van der Waals surface area contributed by atoms with Crippen LogP contribution in [0.1, 0.15) is 21.5 Å². The van der Waals surface area contributed by atoms with Crippen molar-refractivity contribution in [3.63, 3.8) is 0 Å². The standard InChI is InChI=1S/C10H12N2O2/c1-7-4-3-5-8(2)9(7)10(14)12-11-6-13/h3-6H,1-2H3,(H,11,13)(H,12,14). The Labute approximate surface area is 82.3 Å². The van der Waals surface area contributed by atoms with E-state index >= 15 is 0 Å². The smallest absolute Gasteiger partial charge is 0.270 e. The molecule has 1 rings (SSSR count). The third-order valence-corrected chi connectivity index (χ3v) is 1.95. The minimum atomic E-state index is -0.298. The fourth-order valence-electron chi connectivity index (χ4n) is 1.33. The zero-order valence-corrected chi connectivity index (χ0v) is 8.13. The van der Waals surface area contributed by atoms with Crippen LogP contribution in [-0.4, -0.2) is 12.3 Å². The summed E-state index contributed by atoms with van der Waals surface area (Å²) in [5.74, 6) is -0.298. The summed E-state index contributed by atoms with van der Waals surface area (Å²) >= 11 is 0. The minimum Gasteiger partial charge on any atom is -0.277 e. The van der Waals surface area contributed by atoms with Gasteiger partial charge in [-0.25, -0.2) is 0 Å². The van der Waals surface area contributed by atoms with E-state index in [0.29, 0.717) is 12.0 Å². The van der Waals surface area contributed by atoms with E-state index in [1.54, 1.807) is 0 Å². The van der Waals surface area contributed by atoms with Crippen LogP contribution in [0.2, 0.25) is 0 Å². The Morgan fingerprint density at radius 1 is 1.29 bits per heavy atom. The van der Waals surface area contributed by atoms with Gasteiger partial charge in [0.1, 0.15) is 0 Å². The Hall–Kier alpha value is -1.84. The lowest BCUT2D eigenvalue weighted by atomic mass is 10.0. The lowest BCUT2D eigenvalue weighted by Gasteiger charge is -2.08. The maximum Gasteiger partial charge on any atom is 0.270 e. The molecule has 2 N–H and O–H groups in total. The van der Waals surface area contributed by atoms with Crippen LogP contribution >= 0.6 is 0 Å². The second-order valence-corrected chi connectivity index (χ2v) is 2.98. The molecule has 0 unspecified atom stereocenters.